The lowest BCUT2D eigenvalue weighted by Crippen LogP contribution is -1.97. The molecule has 1 N–H and O–H groups in total. The average Bonchev–Trinajstić information content (AvgIpc) is 2.13. The SMILES string of the molecule is O=C(O)Cc1cnc(Cl)o1. The van der Waals surface area contributed by atoms with Crippen molar-refractivity contribution < 1.29 is 14.3 Å². The number of carbonyl (C=O) groups is 1. The van der Waals surface area contributed by atoms with Gasteiger partial charge in [-0.2, -0.15) is 0 Å². The van der Waals surface area contributed by atoms with Crippen molar-refractivity contribution in [2.75, 3.05) is 0 Å². The zero-order chi connectivity index (χ0) is 7.56. The molecule has 0 amide bonds. The van der Waals surface area contributed by atoms with Crippen molar-refractivity contribution in [3.05, 3.63) is 17.3 Å². The Balaban J connectivity index is 2.67. The Morgan fingerprint density at radius 2 is 2.60 bits per heavy atom. The number of aliphatic carboxylic acids is 1. The number of halogens is 1. The van der Waals surface area contributed by atoms with Crippen LogP contribution in [0.2, 0.25) is 5.35 Å². The first-order valence-corrected chi connectivity index (χ1v) is 2.88. The van der Waals surface area contributed by atoms with Gasteiger partial charge < -0.3 is 9.52 Å². The van der Waals surface area contributed by atoms with Crippen LogP contribution in [-0.2, 0) is 11.2 Å². The molecular weight excluding hydrogens is 158 g/mol. The van der Waals surface area contributed by atoms with Gasteiger partial charge in [0.25, 0.3) is 5.35 Å². The van der Waals surface area contributed by atoms with E-state index in [4.69, 9.17) is 16.7 Å². The molecule has 1 aromatic heterocycles. The average molecular weight is 162 g/mol. The van der Waals surface area contributed by atoms with E-state index in [0.29, 0.717) is 0 Å². The van der Waals surface area contributed by atoms with Crippen LogP contribution in [-0.4, -0.2) is 16.1 Å². The van der Waals surface area contributed by atoms with E-state index in [-0.39, 0.29) is 17.5 Å². The van der Waals surface area contributed by atoms with Crippen LogP contribution in [0.5, 0.6) is 0 Å². The summed E-state index contributed by atoms with van der Waals surface area (Å²) in [6.45, 7) is 0. The third-order valence-corrected chi connectivity index (χ3v) is 1.03. The molecule has 1 aromatic rings. The van der Waals surface area contributed by atoms with Crippen molar-refractivity contribution in [3.63, 3.8) is 0 Å². The van der Waals surface area contributed by atoms with Crippen LogP contribution < -0.4 is 0 Å². The Bertz CT molecular complexity index is 245. The number of hydrogen-bond donors (Lipinski definition) is 1. The normalized spacial score (nSPS) is 9.70. The maximum atomic E-state index is 10.0. The molecule has 5 heteroatoms. The van der Waals surface area contributed by atoms with E-state index >= 15 is 0 Å². The molecule has 0 radical (unpaired) electrons. The summed E-state index contributed by atoms with van der Waals surface area (Å²) in [5.74, 6) is -0.703. The largest absolute Gasteiger partial charge is 0.481 e. The van der Waals surface area contributed by atoms with Gasteiger partial charge in [-0.15, -0.1) is 0 Å². The van der Waals surface area contributed by atoms with Gasteiger partial charge in [0.05, 0.1) is 6.20 Å². The van der Waals surface area contributed by atoms with Crippen molar-refractivity contribution in [1.82, 2.24) is 4.98 Å². The van der Waals surface area contributed by atoms with Crippen molar-refractivity contribution in [2.24, 2.45) is 0 Å². The number of carboxylic acids is 1. The van der Waals surface area contributed by atoms with Crippen molar-refractivity contribution in [3.8, 4) is 0 Å². The zero-order valence-electron chi connectivity index (χ0n) is 4.87. The number of oxazole rings is 1. The summed E-state index contributed by atoms with van der Waals surface area (Å²) < 4.78 is 4.67. The number of nitrogens with zero attached hydrogens (tertiary/aromatic N) is 1. The molecule has 0 aliphatic rings. The van der Waals surface area contributed by atoms with Gasteiger partial charge >= 0.3 is 5.97 Å². The maximum Gasteiger partial charge on any atom is 0.311 e. The zero-order valence-corrected chi connectivity index (χ0v) is 5.63. The summed E-state index contributed by atoms with van der Waals surface area (Å²) in [5, 5.41) is 8.21. The summed E-state index contributed by atoms with van der Waals surface area (Å²) in [6.07, 6.45) is 1.11. The fourth-order valence-corrected chi connectivity index (χ4v) is 0.662. The fourth-order valence-electron chi connectivity index (χ4n) is 0.514. The molecule has 10 heavy (non-hydrogen) atoms. The lowest BCUT2D eigenvalue weighted by atomic mass is 10.4. The minimum atomic E-state index is -0.965. The lowest BCUT2D eigenvalue weighted by molar-refractivity contribution is -0.136. The molecule has 0 spiro atoms. The highest BCUT2D eigenvalue weighted by Crippen LogP contribution is 2.08. The predicted octanol–water partition coefficient (Wildman–Crippen LogP) is 0.955. The minimum absolute atomic E-state index is 0.0312. The van der Waals surface area contributed by atoms with Crippen LogP contribution in [0, 0.1) is 0 Å². The first kappa shape index (κ1) is 7.08. The van der Waals surface area contributed by atoms with Crippen LogP contribution in [0.1, 0.15) is 5.76 Å². The highest BCUT2D eigenvalue weighted by molar-refractivity contribution is 6.27. The van der Waals surface area contributed by atoms with Gasteiger partial charge in [0.2, 0.25) is 0 Å². The third-order valence-electron chi connectivity index (χ3n) is 0.851. The van der Waals surface area contributed by atoms with Crippen LogP contribution in [0.15, 0.2) is 10.6 Å². The van der Waals surface area contributed by atoms with Gasteiger partial charge in [0.1, 0.15) is 12.2 Å². The van der Waals surface area contributed by atoms with E-state index < -0.39 is 5.97 Å². The second-order valence-electron chi connectivity index (χ2n) is 1.65. The van der Waals surface area contributed by atoms with Crippen molar-refractivity contribution >= 4 is 17.6 Å². The van der Waals surface area contributed by atoms with E-state index in [9.17, 15) is 4.79 Å². The lowest BCUT2D eigenvalue weighted by Gasteiger charge is -1.84. The molecule has 0 bridgehead atoms. The Kier molecular flexibility index (Phi) is 1.91. The van der Waals surface area contributed by atoms with Crippen LogP contribution in [0.3, 0.4) is 0 Å². The quantitative estimate of drug-likeness (QED) is 0.702. The van der Waals surface area contributed by atoms with Crippen LogP contribution >= 0.6 is 11.6 Å². The summed E-state index contributed by atoms with van der Waals surface area (Å²) in [4.78, 5) is 13.6. The molecule has 0 atom stereocenters. The molecule has 0 aliphatic heterocycles. The van der Waals surface area contributed by atoms with Gasteiger partial charge in [-0.25, -0.2) is 4.98 Å². The number of aromatic nitrogens is 1. The van der Waals surface area contributed by atoms with E-state index in [1.54, 1.807) is 0 Å². The first-order valence-electron chi connectivity index (χ1n) is 2.50. The monoisotopic (exact) mass is 161 g/mol. The predicted molar refractivity (Wildman–Crippen MR) is 32.9 cm³/mol. The number of rotatable bonds is 2. The van der Waals surface area contributed by atoms with E-state index in [1.807, 2.05) is 0 Å². The summed E-state index contributed by atoms with van der Waals surface area (Å²) in [5.41, 5.74) is 0. The summed E-state index contributed by atoms with van der Waals surface area (Å²) in [7, 11) is 0. The number of hydrogen-bond acceptors (Lipinski definition) is 3. The second kappa shape index (κ2) is 2.70. The van der Waals surface area contributed by atoms with E-state index in [1.165, 1.54) is 6.20 Å². The third kappa shape index (κ3) is 1.73. The highest BCUT2D eigenvalue weighted by atomic mass is 35.5. The summed E-state index contributed by atoms with van der Waals surface area (Å²) in [6, 6.07) is 0. The van der Waals surface area contributed by atoms with Crippen molar-refractivity contribution in [1.29, 1.82) is 0 Å². The van der Waals surface area contributed by atoms with Crippen molar-refractivity contribution in [2.45, 2.75) is 6.42 Å². The molecule has 0 aromatic carbocycles. The van der Waals surface area contributed by atoms with E-state index in [0.717, 1.165) is 0 Å². The first-order chi connectivity index (χ1) is 4.68. The standard InChI is InChI=1S/C5H4ClNO3/c6-5-7-2-3(10-5)1-4(8)9/h2H,1H2,(H,8,9). The van der Waals surface area contributed by atoms with Crippen LogP contribution in [0.25, 0.3) is 0 Å². The Morgan fingerprint density at radius 3 is 3.00 bits per heavy atom. The fraction of sp³-hybridized carbons (Fsp3) is 0.200. The Labute approximate surface area is 61.4 Å². The smallest absolute Gasteiger partial charge is 0.311 e. The molecule has 0 saturated carbocycles. The molecule has 0 aliphatic carbocycles. The molecule has 4 nitrogen and oxygen atoms in total. The highest BCUT2D eigenvalue weighted by Gasteiger charge is 2.04. The molecule has 1 rings (SSSR count). The molecule has 1 heterocycles. The van der Waals surface area contributed by atoms with Gasteiger partial charge in [-0.05, 0) is 11.6 Å². The number of carboxylic acid groups (broad SMARTS) is 1. The topological polar surface area (TPSA) is 63.3 Å². The van der Waals surface area contributed by atoms with Crippen LogP contribution in [0.4, 0.5) is 0 Å². The molecule has 0 fully saturated rings. The maximum absolute atomic E-state index is 10.0. The van der Waals surface area contributed by atoms with Gasteiger partial charge in [-0.1, -0.05) is 0 Å². The Morgan fingerprint density at radius 1 is 1.90 bits per heavy atom. The second-order valence-corrected chi connectivity index (χ2v) is 1.97. The molecule has 0 saturated heterocycles. The van der Waals surface area contributed by atoms with Gasteiger partial charge in [0, 0.05) is 0 Å². The Hall–Kier alpha value is -1.03. The van der Waals surface area contributed by atoms with E-state index in [2.05, 4.69) is 9.40 Å². The molecule has 54 valence electrons. The minimum Gasteiger partial charge on any atom is -0.481 e. The van der Waals surface area contributed by atoms with Gasteiger partial charge in [0.15, 0.2) is 0 Å². The molecule has 0 unspecified atom stereocenters. The summed E-state index contributed by atoms with van der Waals surface area (Å²) >= 11 is 5.27. The molecular formula is C5H4ClNO3. The van der Waals surface area contributed by atoms with Gasteiger partial charge in [-0.3, -0.25) is 4.79 Å².